The minimum Gasteiger partial charge on any atom is -0.508 e. The lowest BCUT2D eigenvalue weighted by atomic mass is 10.0. The first-order valence-electron chi connectivity index (χ1n) is 7.68. The Morgan fingerprint density at radius 1 is 1.17 bits per heavy atom. The van der Waals surface area contributed by atoms with E-state index in [0.29, 0.717) is 11.3 Å². The minimum atomic E-state index is -0.0884. The van der Waals surface area contributed by atoms with E-state index in [1.165, 1.54) is 0 Å². The first-order valence-corrected chi connectivity index (χ1v) is 7.68. The zero-order chi connectivity index (χ0) is 17.1. The number of aromatic hydroxyl groups is 1. The molecule has 0 fully saturated rings. The predicted octanol–water partition coefficient (Wildman–Crippen LogP) is 4.07. The lowest BCUT2D eigenvalue weighted by Gasteiger charge is -2.15. The number of rotatable bonds is 5. The fourth-order valence-electron chi connectivity index (χ4n) is 2.57. The highest BCUT2D eigenvalue weighted by molar-refractivity contribution is 5.98. The van der Waals surface area contributed by atoms with Gasteiger partial charge in [-0.05, 0) is 61.2 Å². The van der Waals surface area contributed by atoms with Gasteiger partial charge in [0, 0.05) is 11.1 Å². The molecule has 4 heteroatoms. The molecule has 23 heavy (non-hydrogen) atoms. The maximum Gasteiger partial charge on any atom is 0.176 e. The molecule has 0 saturated carbocycles. The number of Topliss-reactive ketones (excluding diaryl/α,β-unsaturated/α-hetero) is 1. The second kappa shape index (κ2) is 6.84. The summed E-state index contributed by atoms with van der Waals surface area (Å²) in [6, 6.07) is 8.81. The molecule has 0 heterocycles. The number of carbonyl (C=O) groups is 1. The van der Waals surface area contributed by atoms with E-state index in [4.69, 9.17) is 10.5 Å². The van der Waals surface area contributed by atoms with Crippen molar-refractivity contribution in [3.05, 3.63) is 52.6 Å². The number of nitrogens with two attached hydrogens (primary N) is 1. The van der Waals surface area contributed by atoms with Crippen molar-refractivity contribution in [2.24, 2.45) is 5.73 Å². The average molecular weight is 313 g/mol. The molecular formula is C19H23NO3. The number of hydrogen-bond acceptors (Lipinski definition) is 4. The van der Waals surface area contributed by atoms with E-state index in [2.05, 4.69) is 0 Å². The zero-order valence-electron chi connectivity index (χ0n) is 14.0. The number of benzene rings is 2. The Hall–Kier alpha value is -2.33. The van der Waals surface area contributed by atoms with E-state index < -0.39 is 0 Å². The number of ketones is 1. The number of phenolic OH excluding ortho intramolecular Hbond substituents is 1. The van der Waals surface area contributed by atoms with Gasteiger partial charge in [0.2, 0.25) is 0 Å². The molecule has 2 rings (SSSR count). The van der Waals surface area contributed by atoms with Crippen LogP contribution in [0.2, 0.25) is 0 Å². The Kier molecular flexibility index (Phi) is 5.06. The van der Waals surface area contributed by atoms with Crippen LogP contribution in [0.3, 0.4) is 0 Å². The maximum atomic E-state index is 11.8. The summed E-state index contributed by atoms with van der Waals surface area (Å²) in [6.45, 7) is 7.83. The molecule has 0 unspecified atom stereocenters. The van der Waals surface area contributed by atoms with Gasteiger partial charge in [-0.3, -0.25) is 4.79 Å². The Bertz CT molecular complexity index is 712. The molecular weight excluding hydrogens is 290 g/mol. The van der Waals surface area contributed by atoms with Gasteiger partial charge in [-0.15, -0.1) is 0 Å². The summed E-state index contributed by atoms with van der Waals surface area (Å²) in [5.41, 5.74) is 8.61. The highest BCUT2D eigenvalue weighted by Crippen LogP contribution is 2.34. The quantitative estimate of drug-likeness (QED) is 0.816. The van der Waals surface area contributed by atoms with Crippen molar-refractivity contribution in [3.63, 3.8) is 0 Å². The molecule has 0 bridgehead atoms. The van der Waals surface area contributed by atoms with Crippen LogP contribution in [0.25, 0.3) is 0 Å². The van der Waals surface area contributed by atoms with Crippen LogP contribution in [0.5, 0.6) is 17.2 Å². The van der Waals surface area contributed by atoms with E-state index in [-0.39, 0.29) is 24.0 Å². The number of ether oxygens (including phenoxy) is 1. The standard InChI is InChI=1S/C19H23NO3/c1-11(2)16-9-15(5-6-17(16)21)23-19-12(3)7-14(8-13(19)4)18(22)10-20/h5-9,11,21H,10,20H2,1-4H3. The third-order valence-electron chi connectivity index (χ3n) is 3.81. The van der Waals surface area contributed by atoms with Gasteiger partial charge >= 0.3 is 0 Å². The lowest BCUT2D eigenvalue weighted by molar-refractivity contribution is 0.100. The second-order valence-corrected chi connectivity index (χ2v) is 6.04. The van der Waals surface area contributed by atoms with Crippen molar-refractivity contribution < 1.29 is 14.6 Å². The fraction of sp³-hybridized carbons (Fsp3) is 0.316. The van der Waals surface area contributed by atoms with E-state index in [9.17, 15) is 9.90 Å². The summed E-state index contributed by atoms with van der Waals surface area (Å²) in [4.78, 5) is 11.8. The van der Waals surface area contributed by atoms with Crippen molar-refractivity contribution in [2.75, 3.05) is 6.54 Å². The van der Waals surface area contributed by atoms with Crippen LogP contribution in [0.15, 0.2) is 30.3 Å². The number of carbonyl (C=O) groups excluding carboxylic acids is 1. The van der Waals surface area contributed by atoms with Crippen molar-refractivity contribution in [3.8, 4) is 17.2 Å². The van der Waals surface area contributed by atoms with Crippen LogP contribution >= 0.6 is 0 Å². The van der Waals surface area contributed by atoms with E-state index in [1.807, 2.05) is 33.8 Å². The summed E-state index contributed by atoms with van der Waals surface area (Å²) >= 11 is 0. The first-order chi connectivity index (χ1) is 10.8. The maximum absolute atomic E-state index is 11.8. The van der Waals surface area contributed by atoms with Gasteiger partial charge in [0.15, 0.2) is 5.78 Å². The third kappa shape index (κ3) is 3.71. The highest BCUT2D eigenvalue weighted by atomic mass is 16.5. The summed E-state index contributed by atoms with van der Waals surface area (Å²) in [5.74, 6) is 1.76. The Morgan fingerprint density at radius 2 is 1.78 bits per heavy atom. The normalized spacial score (nSPS) is 10.9. The predicted molar refractivity (Wildman–Crippen MR) is 91.6 cm³/mol. The Labute approximate surface area is 136 Å². The lowest BCUT2D eigenvalue weighted by Crippen LogP contribution is -2.14. The smallest absolute Gasteiger partial charge is 0.176 e. The topological polar surface area (TPSA) is 72.6 Å². The number of hydrogen-bond donors (Lipinski definition) is 2. The van der Waals surface area contributed by atoms with E-state index in [0.717, 1.165) is 22.4 Å². The van der Waals surface area contributed by atoms with Crippen LogP contribution in [-0.2, 0) is 0 Å². The molecule has 0 saturated heterocycles. The Balaban J connectivity index is 2.37. The molecule has 3 N–H and O–H groups in total. The van der Waals surface area contributed by atoms with Gasteiger partial charge in [-0.25, -0.2) is 0 Å². The molecule has 2 aromatic carbocycles. The van der Waals surface area contributed by atoms with Crippen molar-refractivity contribution in [1.29, 1.82) is 0 Å². The van der Waals surface area contributed by atoms with Gasteiger partial charge in [-0.1, -0.05) is 13.8 Å². The monoisotopic (exact) mass is 313 g/mol. The van der Waals surface area contributed by atoms with Crippen molar-refractivity contribution >= 4 is 5.78 Å². The fourth-order valence-corrected chi connectivity index (χ4v) is 2.57. The molecule has 0 atom stereocenters. The average Bonchev–Trinajstić information content (AvgIpc) is 2.51. The third-order valence-corrected chi connectivity index (χ3v) is 3.81. The Morgan fingerprint density at radius 3 is 2.30 bits per heavy atom. The molecule has 0 aromatic heterocycles. The molecule has 0 amide bonds. The zero-order valence-corrected chi connectivity index (χ0v) is 14.0. The SMILES string of the molecule is Cc1cc(C(=O)CN)cc(C)c1Oc1ccc(O)c(C(C)C)c1. The van der Waals surface area contributed by atoms with E-state index >= 15 is 0 Å². The van der Waals surface area contributed by atoms with Crippen LogP contribution in [0.1, 0.15) is 46.8 Å². The molecule has 0 aliphatic heterocycles. The van der Waals surface area contributed by atoms with Crippen LogP contribution in [0, 0.1) is 13.8 Å². The van der Waals surface area contributed by atoms with Crippen molar-refractivity contribution in [1.82, 2.24) is 0 Å². The first kappa shape index (κ1) is 17.0. The summed E-state index contributed by atoms with van der Waals surface area (Å²) in [7, 11) is 0. The number of aryl methyl sites for hydroxylation is 2. The number of phenols is 1. The van der Waals surface area contributed by atoms with Crippen LogP contribution < -0.4 is 10.5 Å². The second-order valence-electron chi connectivity index (χ2n) is 6.04. The molecule has 0 spiro atoms. The molecule has 122 valence electrons. The van der Waals surface area contributed by atoms with Gasteiger partial charge in [-0.2, -0.15) is 0 Å². The van der Waals surface area contributed by atoms with Crippen LogP contribution in [-0.4, -0.2) is 17.4 Å². The molecule has 4 nitrogen and oxygen atoms in total. The van der Waals surface area contributed by atoms with Crippen LogP contribution in [0.4, 0.5) is 0 Å². The van der Waals surface area contributed by atoms with Gasteiger partial charge in [0.25, 0.3) is 0 Å². The molecule has 0 aliphatic carbocycles. The molecule has 2 aromatic rings. The van der Waals surface area contributed by atoms with E-state index in [1.54, 1.807) is 24.3 Å². The molecule has 0 aliphatic rings. The largest absolute Gasteiger partial charge is 0.508 e. The van der Waals surface area contributed by atoms with Gasteiger partial charge in [0.05, 0.1) is 6.54 Å². The highest BCUT2D eigenvalue weighted by Gasteiger charge is 2.13. The summed E-state index contributed by atoms with van der Waals surface area (Å²) in [5, 5.41) is 9.90. The van der Waals surface area contributed by atoms with Crippen molar-refractivity contribution in [2.45, 2.75) is 33.6 Å². The molecule has 0 radical (unpaired) electrons. The van der Waals surface area contributed by atoms with Gasteiger partial charge < -0.3 is 15.6 Å². The summed E-state index contributed by atoms with van der Waals surface area (Å²) < 4.78 is 6.00. The summed E-state index contributed by atoms with van der Waals surface area (Å²) in [6.07, 6.45) is 0. The van der Waals surface area contributed by atoms with Gasteiger partial charge in [0.1, 0.15) is 17.2 Å². The minimum absolute atomic E-state index is 0.00516.